The number of nitrogens with zero attached hydrogens (tertiary/aromatic N) is 1. The van der Waals surface area contributed by atoms with Crippen molar-refractivity contribution in [3.8, 4) is 0 Å². The summed E-state index contributed by atoms with van der Waals surface area (Å²) in [5.74, 6) is 0.819. The maximum atomic E-state index is 12.9. The van der Waals surface area contributed by atoms with E-state index in [2.05, 4.69) is 26.1 Å². The first-order valence-electron chi connectivity index (χ1n) is 8.10. The van der Waals surface area contributed by atoms with Crippen molar-refractivity contribution in [1.29, 1.82) is 0 Å². The van der Waals surface area contributed by atoms with Gasteiger partial charge in [0.1, 0.15) is 5.54 Å². The Balaban J connectivity index is 2.15. The highest BCUT2D eigenvalue weighted by Gasteiger charge is 2.47. The van der Waals surface area contributed by atoms with Crippen LogP contribution in [0.1, 0.15) is 65.7 Å². The molecule has 2 fully saturated rings. The van der Waals surface area contributed by atoms with Crippen molar-refractivity contribution in [1.82, 2.24) is 10.2 Å². The van der Waals surface area contributed by atoms with Gasteiger partial charge in [0.15, 0.2) is 0 Å². The smallest absolute Gasteiger partial charge is 0.248 e. The minimum absolute atomic E-state index is 0.0403. The van der Waals surface area contributed by atoms with Gasteiger partial charge < -0.3 is 10.2 Å². The van der Waals surface area contributed by atoms with Crippen LogP contribution in [0.3, 0.4) is 0 Å². The molecule has 20 heavy (non-hydrogen) atoms. The average Bonchev–Trinajstić information content (AvgIpc) is 2.83. The van der Waals surface area contributed by atoms with Crippen molar-refractivity contribution in [2.75, 3.05) is 6.54 Å². The predicted octanol–water partition coefficient (Wildman–Crippen LogP) is 2.47. The maximum Gasteiger partial charge on any atom is 0.248 e. The lowest BCUT2D eigenvalue weighted by Crippen LogP contribution is -2.57. The van der Waals surface area contributed by atoms with Gasteiger partial charge in [0.05, 0.1) is 0 Å². The number of rotatable bonds is 4. The van der Waals surface area contributed by atoms with Gasteiger partial charge in [0.25, 0.3) is 0 Å². The second-order valence-corrected chi connectivity index (χ2v) is 6.68. The number of amides is 2. The molecular weight excluding hydrogens is 252 g/mol. The second-order valence-electron chi connectivity index (χ2n) is 6.68. The van der Waals surface area contributed by atoms with E-state index >= 15 is 0 Å². The highest BCUT2D eigenvalue weighted by molar-refractivity contribution is 5.94. The topological polar surface area (TPSA) is 49.4 Å². The highest BCUT2D eigenvalue weighted by Crippen LogP contribution is 2.34. The summed E-state index contributed by atoms with van der Waals surface area (Å²) in [6, 6.07) is 0.225. The zero-order valence-corrected chi connectivity index (χ0v) is 13.1. The molecule has 1 aliphatic heterocycles. The molecule has 1 saturated heterocycles. The van der Waals surface area contributed by atoms with Crippen molar-refractivity contribution in [3.05, 3.63) is 0 Å². The van der Waals surface area contributed by atoms with Crippen LogP contribution in [-0.4, -0.2) is 34.8 Å². The molecule has 114 valence electrons. The normalized spacial score (nSPS) is 25.4. The molecule has 0 aromatic rings. The van der Waals surface area contributed by atoms with E-state index in [-0.39, 0.29) is 17.9 Å². The third-order valence-electron chi connectivity index (χ3n) is 5.06. The molecule has 4 nitrogen and oxygen atoms in total. The summed E-state index contributed by atoms with van der Waals surface area (Å²) in [4.78, 5) is 26.9. The van der Waals surface area contributed by atoms with E-state index in [0.29, 0.717) is 18.9 Å². The predicted molar refractivity (Wildman–Crippen MR) is 79.2 cm³/mol. The van der Waals surface area contributed by atoms with Gasteiger partial charge in [-0.15, -0.1) is 0 Å². The molecule has 4 heteroatoms. The van der Waals surface area contributed by atoms with Crippen LogP contribution in [0.5, 0.6) is 0 Å². The summed E-state index contributed by atoms with van der Waals surface area (Å²) in [5, 5.41) is 3.03. The molecule has 0 aromatic carbocycles. The summed E-state index contributed by atoms with van der Waals surface area (Å²) in [5.41, 5.74) is -0.586. The van der Waals surface area contributed by atoms with Gasteiger partial charge in [-0.05, 0) is 32.1 Å². The summed E-state index contributed by atoms with van der Waals surface area (Å²) in [6.45, 7) is 7.12. The molecule has 0 bridgehead atoms. The highest BCUT2D eigenvalue weighted by atomic mass is 16.2. The maximum absolute atomic E-state index is 12.9. The van der Waals surface area contributed by atoms with Crippen LogP contribution in [-0.2, 0) is 9.59 Å². The van der Waals surface area contributed by atoms with Crippen molar-refractivity contribution < 1.29 is 9.59 Å². The van der Waals surface area contributed by atoms with Crippen LogP contribution in [0.2, 0.25) is 0 Å². The lowest BCUT2D eigenvalue weighted by Gasteiger charge is -2.36. The summed E-state index contributed by atoms with van der Waals surface area (Å²) >= 11 is 0. The molecule has 2 unspecified atom stereocenters. The van der Waals surface area contributed by atoms with Gasteiger partial charge in [-0.1, -0.05) is 33.1 Å². The Kier molecular flexibility index (Phi) is 4.71. The first-order chi connectivity index (χ1) is 9.48. The number of carbonyl (C=O) groups excluding carboxylic acids is 2. The minimum Gasteiger partial charge on any atom is -0.342 e. The lowest BCUT2D eigenvalue weighted by molar-refractivity contribution is -0.140. The number of nitrogens with one attached hydrogen (secondary N) is 1. The van der Waals surface area contributed by atoms with Gasteiger partial charge in [0, 0.05) is 19.0 Å². The van der Waals surface area contributed by atoms with E-state index < -0.39 is 5.54 Å². The zero-order valence-electron chi connectivity index (χ0n) is 13.1. The van der Waals surface area contributed by atoms with Crippen LogP contribution < -0.4 is 5.32 Å². The monoisotopic (exact) mass is 280 g/mol. The molecule has 0 radical (unpaired) electrons. The summed E-state index contributed by atoms with van der Waals surface area (Å²) < 4.78 is 0. The Morgan fingerprint density at radius 2 is 1.90 bits per heavy atom. The zero-order chi connectivity index (χ0) is 14.8. The molecule has 2 amide bonds. The molecule has 2 atom stereocenters. The molecule has 1 aliphatic carbocycles. The fraction of sp³-hybridized carbons (Fsp3) is 0.875. The standard InChI is InChI=1S/C16H28N2O2/c1-4-12(2)11-13(3)18-10-7-14(19)17-16(15(18)20)8-5-6-9-16/h12-13H,4-11H2,1-3H3,(H,17,19). The van der Waals surface area contributed by atoms with Crippen LogP contribution in [0.4, 0.5) is 0 Å². The van der Waals surface area contributed by atoms with E-state index in [1.807, 2.05) is 4.90 Å². The average molecular weight is 280 g/mol. The number of carbonyl (C=O) groups is 2. The van der Waals surface area contributed by atoms with Gasteiger partial charge in [-0.3, -0.25) is 9.59 Å². The van der Waals surface area contributed by atoms with Crippen molar-refractivity contribution in [3.63, 3.8) is 0 Å². The van der Waals surface area contributed by atoms with Crippen LogP contribution in [0, 0.1) is 5.92 Å². The Bertz CT molecular complexity index is 375. The molecule has 0 aromatic heterocycles. The minimum atomic E-state index is -0.586. The quantitative estimate of drug-likeness (QED) is 0.860. The van der Waals surface area contributed by atoms with Gasteiger partial charge in [0.2, 0.25) is 11.8 Å². The molecule has 1 saturated carbocycles. The van der Waals surface area contributed by atoms with Crippen LogP contribution >= 0.6 is 0 Å². The Morgan fingerprint density at radius 3 is 2.50 bits per heavy atom. The molecule has 2 rings (SSSR count). The van der Waals surface area contributed by atoms with Crippen molar-refractivity contribution >= 4 is 11.8 Å². The van der Waals surface area contributed by atoms with Gasteiger partial charge in [-0.2, -0.15) is 0 Å². The SMILES string of the molecule is CCC(C)CC(C)N1CCC(=O)NC2(CCCC2)C1=O. The Morgan fingerprint density at radius 1 is 1.25 bits per heavy atom. The first-order valence-corrected chi connectivity index (χ1v) is 8.10. The second kappa shape index (κ2) is 6.15. The summed E-state index contributed by atoms with van der Waals surface area (Å²) in [7, 11) is 0. The number of hydrogen-bond donors (Lipinski definition) is 1. The number of hydrogen-bond acceptors (Lipinski definition) is 2. The van der Waals surface area contributed by atoms with Crippen molar-refractivity contribution in [2.24, 2.45) is 5.92 Å². The molecular formula is C16H28N2O2. The third kappa shape index (κ3) is 2.99. The lowest BCUT2D eigenvalue weighted by atomic mass is 9.93. The molecule has 2 aliphatic rings. The Labute approximate surface area is 122 Å². The van der Waals surface area contributed by atoms with E-state index in [0.717, 1.165) is 38.5 Å². The van der Waals surface area contributed by atoms with E-state index in [9.17, 15) is 9.59 Å². The van der Waals surface area contributed by atoms with Gasteiger partial charge in [-0.25, -0.2) is 0 Å². The first kappa shape index (κ1) is 15.3. The molecule has 1 heterocycles. The molecule has 1 N–H and O–H groups in total. The van der Waals surface area contributed by atoms with E-state index in [1.54, 1.807) is 0 Å². The van der Waals surface area contributed by atoms with Gasteiger partial charge >= 0.3 is 0 Å². The third-order valence-corrected chi connectivity index (χ3v) is 5.06. The van der Waals surface area contributed by atoms with E-state index in [4.69, 9.17) is 0 Å². The largest absolute Gasteiger partial charge is 0.342 e. The van der Waals surface area contributed by atoms with Crippen molar-refractivity contribution in [2.45, 2.75) is 77.3 Å². The van der Waals surface area contributed by atoms with E-state index in [1.165, 1.54) is 0 Å². The fourth-order valence-electron chi connectivity index (χ4n) is 3.60. The van der Waals surface area contributed by atoms with Crippen LogP contribution in [0.15, 0.2) is 0 Å². The van der Waals surface area contributed by atoms with Crippen LogP contribution in [0.25, 0.3) is 0 Å². The summed E-state index contributed by atoms with van der Waals surface area (Å²) in [6.07, 6.45) is 6.30. The Hall–Kier alpha value is -1.06. The fourth-order valence-corrected chi connectivity index (χ4v) is 3.60. The molecule has 1 spiro atoms.